The molecule has 7 heteroatoms. The van der Waals surface area contributed by atoms with Gasteiger partial charge in [0, 0.05) is 19.6 Å². The van der Waals surface area contributed by atoms with Gasteiger partial charge in [0.05, 0.1) is 12.2 Å². The van der Waals surface area contributed by atoms with Gasteiger partial charge in [0.25, 0.3) is 0 Å². The second-order valence-electron chi connectivity index (χ2n) is 4.36. The standard InChI is InChI=1S/C12H18F3N3O/c1-8(2)18(4-5-19)11-7-9(12(13,14)15)6-10(16-3)17-11/h6-8,19H,4-5H2,1-3H3,(H,16,17). The fourth-order valence-electron chi connectivity index (χ4n) is 1.70. The van der Waals surface area contributed by atoms with E-state index >= 15 is 0 Å². The largest absolute Gasteiger partial charge is 0.416 e. The zero-order valence-electron chi connectivity index (χ0n) is 11.1. The molecule has 0 bridgehead atoms. The molecule has 0 saturated carbocycles. The lowest BCUT2D eigenvalue weighted by molar-refractivity contribution is -0.137. The van der Waals surface area contributed by atoms with Crippen LogP contribution in [0.4, 0.5) is 24.8 Å². The van der Waals surface area contributed by atoms with Crippen LogP contribution in [-0.2, 0) is 6.18 Å². The third-order valence-electron chi connectivity index (χ3n) is 2.65. The van der Waals surface area contributed by atoms with Gasteiger partial charge in [-0.15, -0.1) is 0 Å². The van der Waals surface area contributed by atoms with E-state index in [-0.39, 0.29) is 30.8 Å². The summed E-state index contributed by atoms with van der Waals surface area (Å²) in [6.07, 6.45) is -4.43. The maximum atomic E-state index is 12.8. The number of nitrogens with one attached hydrogen (secondary N) is 1. The number of halogens is 3. The van der Waals surface area contributed by atoms with E-state index < -0.39 is 11.7 Å². The fourth-order valence-corrected chi connectivity index (χ4v) is 1.70. The number of aliphatic hydroxyl groups is 1. The first kappa shape index (κ1) is 15.6. The minimum Gasteiger partial charge on any atom is -0.395 e. The monoisotopic (exact) mass is 277 g/mol. The van der Waals surface area contributed by atoms with Crippen LogP contribution in [0.15, 0.2) is 12.1 Å². The van der Waals surface area contributed by atoms with E-state index in [1.165, 1.54) is 7.05 Å². The molecular weight excluding hydrogens is 259 g/mol. The number of alkyl halides is 3. The number of pyridine rings is 1. The van der Waals surface area contributed by atoms with Crippen molar-refractivity contribution in [2.75, 3.05) is 30.4 Å². The van der Waals surface area contributed by atoms with Crippen LogP contribution >= 0.6 is 0 Å². The Morgan fingerprint density at radius 1 is 1.37 bits per heavy atom. The normalized spacial score (nSPS) is 11.8. The molecule has 19 heavy (non-hydrogen) atoms. The van der Waals surface area contributed by atoms with Crippen molar-refractivity contribution in [2.45, 2.75) is 26.1 Å². The molecule has 0 amide bonds. The lowest BCUT2D eigenvalue weighted by Gasteiger charge is -2.28. The van der Waals surface area contributed by atoms with Crippen molar-refractivity contribution in [3.05, 3.63) is 17.7 Å². The van der Waals surface area contributed by atoms with Gasteiger partial charge in [0.1, 0.15) is 11.6 Å². The molecule has 0 spiro atoms. The van der Waals surface area contributed by atoms with Crippen molar-refractivity contribution in [2.24, 2.45) is 0 Å². The van der Waals surface area contributed by atoms with Gasteiger partial charge in [-0.3, -0.25) is 0 Å². The van der Waals surface area contributed by atoms with Gasteiger partial charge < -0.3 is 15.3 Å². The molecule has 0 saturated heterocycles. The van der Waals surface area contributed by atoms with Crippen LogP contribution in [0.25, 0.3) is 0 Å². The molecule has 1 aromatic rings. The predicted octanol–water partition coefficient (Wildman–Crippen LogP) is 2.35. The quantitative estimate of drug-likeness (QED) is 0.867. The Kier molecular flexibility index (Phi) is 4.99. The highest BCUT2D eigenvalue weighted by atomic mass is 19.4. The molecule has 0 atom stereocenters. The lowest BCUT2D eigenvalue weighted by Crippen LogP contribution is -2.34. The molecule has 1 rings (SSSR count). The molecule has 0 unspecified atom stereocenters. The van der Waals surface area contributed by atoms with Crippen molar-refractivity contribution < 1.29 is 18.3 Å². The molecule has 108 valence electrons. The maximum Gasteiger partial charge on any atom is 0.416 e. The number of rotatable bonds is 5. The summed E-state index contributed by atoms with van der Waals surface area (Å²) >= 11 is 0. The first-order chi connectivity index (χ1) is 8.79. The summed E-state index contributed by atoms with van der Waals surface area (Å²) in [6.45, 7) is 3.74. The van der Waals surface area contributed by atoms with Gasteiger partial charge in [0.2, 0.25) is 0 Å². The van der Waals surface area contributed by atoms with Crippen LogP contribution in [0, 0.1) is 0 Å². The third kappa shape index (κ3) is 3.99. The molecule has 4 nitrogen and oxygen atoms in total. The highest BCUT2D eigenvalue weighted by Crippen LogP contribution is 2.33. The molecule has 1 heterocycles. The van der Waals surface area contributed by atoms with Gasteiger partial charge in [-0.25, -0.2) is 4.98 Å². The van der Waals surface area contributed by atoms with E-state index in [0.29, 0.717) is 0 Å². The van der Waals surface area contributed by atoms with E-state index in [1.807, 2.05) is 13.8 Å². The van der Waals surface area contributed by atoms with Crippen molar-refractivity contribution >= 4 is 11.6 Å². The molecule has 0 aliphatic carbocycles. The first-order valence-electron chi connectivity index (χ1n) is 5.94. The molecule has 0 aliphatic rings. The van der Waals surface area contributed by atoms with Crippen molar-refractivity contribution in [3.63, 3.8) is 0 Å². The number of nitrogens with zero attached hydrogens (tertiary/aromatic N) is 2. The van der Waals surface area contributed by atoms with Crippen LogP contribution < -0.4 is 10.2 Å². The fraction of sp³-hybridized carbons (Fsp3) is 0.583. The zero-order chi connectivity index (χ0) is 14.6. The van der Waals surface area contributed by atoms with Crippen molar-refractivity contribution in [1.82, 2.24) is 4.98 Å². The van der Waals surface area contributed by atoms with Gasteiger partial charge >= 0.3 is 6.18 Å². The number of aromatic nitrogens is 1. The summed E-state index contributed by atoms with van der Waals surface area (Å²) in [7, 11) is 1.51. The van der Waals surface area contributed by atoms with E-state index in [9.17, 15) is 13.2 Å². The third-order valence-corrected chi connectivity index (χ3v) is 2.65. The molecule has 1 aromatic heterocycles. The number of aliphatic hydroxyl groups excluding tert-OH is 1. The summed E-state index contributed by atoms with van der Waals surface area (Å²) in [5.41, 5.74) is -0.759. The highest BCUT2D eigenvalue weighted by molar-refractivity contribution is 5.51. The zero-order valence-corrected chi connectivity index (χ0v) is 11.1. The van der Waals surface area contributed by atoms with E-state index in [1.54, 1.807) is 4.90 Å². The molecule has 0 radical (unpaired) electrons. The maximum absolute atomic E-state index is 12.8. The Labute approximate surface area is 110 Å². The molecule has 2 N–H and O–H groups in total. The molecular formula is C12H18F3N3O. The Bertz CT molecular complexity index is 421. The molecule has 0 fully saturated rings. The van der Waals surface area contributed by atoms with Crippen molar-refractivity contribution in [1.29, 1.82) is 0 Å². The Morgan fingerprint density at radius 3 is 2.42 bits per heavy atom. The van der Waals surface area contributed by atoms with Crippen LogP contribution in [-0.4, -0.2) is 36.3 Å². The first-order valence-corrected chi connectivity index (χ1v) is 5.94. The van der Waals surface area contributed by atoms with Crippen LogP contribution in [0.2, 0.25) is 0 Å². The average Bonchev–Trinajstić information content (AvgIpc) is 2.33. The second kappa shape index (κ2) is 6.10. The average molecular weight is 277 g/mol. The van der Waals surface area contributed by atoms with E-state index in [4.69, 9.17) is 5.11 Å². The second-order valence-corrected chi connectivity index (χ2v) is 4.36. The van der Waals surface area contributed by atoms with Gasteiger partial charge in [-0.05, 0) is 26.0 Å². The molecule has 0 aromatic carbocycles. The van der Waals surface area contributed by atoms with Gasteiger partial charge in [-0.2, -0.15) is 13.2 Å². The number of anilines is 2. The van der Waals surface area contributed by atoms with Crippen LogP contribution in [0.3, 0.4) is 0 Å². The van der Waals surface area contributed by atoms with Crippen LogP contribution in [0.5, 0.6) is 0 Å². The Morgan fingerprint density at radius 2 is 2.00 bits per heavy atom. The predicted molar refractivity (Wildman–Crippen MR) is 68.4 cm³/mol. The summed E-state index contributed by atoms with van der Waals surface area (Å²) in [6, 6.07) is 1.89. The number of hydrogen-bond acceptors (Lipinski definition) is 4. The summed E-state index contributed by atoms with van der Waals surface area (Å²) in [5, 5.41) is 11.6. The van der Waals surface area contributed by atoms with E-state index in [2.05, 4.69) is 10.3 Å². The van der Waals surface area contributed by atoms with Gasteiger partial charge in [0.15, 0.2) is 0 Å². The van der Waals surface area contributed by atoms with Gasteiger partial charge in [-0.1, -0.05) is 0 Å². The Hall–Kier alpha value is -1.50. The number of hydrogen-bond donors (Lipinski definition) is 2. The lowest BCUT2D eigenvalue weighted by atomic mass is 10.2. The SMILES string of the molecule is CNc1cc(C(F)(F)F)cc(N(CCO)C(C)C)n1. The van der Waals surface area contributed by atoms with E-state index in [0.717, 1.165) is 12.1 Å². The smallest absolute Gasteiger partial charge is 0.395 e. The summed E-state index contributed by atoms with van der Waals surface area (Å²) in [4.78, 5) is 5.73. The topological polar surface area (TPSA) is 48.4 Å². The van der Waals surface area contributed by atoms with Crippen molar-refractivity contribution in [3.8, 4) is 0 Å². The summed E-state index contributed by atoms with van der Waals surface area (Å²) in [5.74, 6) is 0.344. The summed E-state index contributed by atoms with van der Waals surface area (Å²) < 4.78 is 38.4. The minimum absolute atomic E-state index is 0.0622. The van der Waals surface area contributed by atoms with Crippen LogP contribution in [0.1, 0.15) is 19.4 Å². The molecule has 0 aliphatic heterocycles. The Balaban J connectivity index is 3.25. The highest BCUT2D eigenvalue weighted by Gasteiger charge is 2.32. The minimum atomic E-state index is -4.43.